The van der Waals surface area contributed by atoms with Gasteiger partial charge in [0.25, 0.3) is 8.32 Å². The third-order valence-corrected chi connectivity index (χ3v) is 19.9. The van der Waals surface area contributed by atoms with Crippen molar-refractivity contribution in [2.45, 2.75) is 89.3 Å². The molecule has 0 aromatic heterocycles. The van der Waals surface area contributed by atoms with E-state index in [2.05, 4.69) is 115 Å². The largest absolute Gasteiger partial charge is 0.454 e. The number of esters is 1. The third kappa shape index (κ3) is 4.34. The molecule has 2 aromatic rings. The Kier molecular flexibility index (Phi) is 7.94. The average Bonchev–Trinajstić information content (AvgIpc) is 3.57. The van der Waals surface area contributed by atoms with Gasteiger partial charge in [0, 0.05) is 11.8 Å². The summed E-state index contributed by atoms with van der Waals surface area (Å²) in [5.41, 5.74) is 1.40. The second kappa shape index (κ2) is 10.9. The molecule has 0 radical (unpaired) electrons. The van der Waals surface area contributed by atoms with Gasteiger partial charge in [-0.05, 0) is 52.0 Å². The molecule has 0 saturated heterocycles. The van der Waals surface area contributed by atoms with Crippen molar-refractivity contribution in [3.05, 3.63) is 84.5 Å². The first-order valence-corrected chi connectivity index (χ1v) is 19.6. The van der Waals surface area contributed by atoms with Crippen LogP contribution in [0.5, 0.6) is 0 Å². The molecule has 4 nitrogen and oxygen atoms in total. The van der Waals surface area contributed by atoms with Gasteiger partial charge in [0.2, 0.25) is 0 Å². The zero-order chi connectivity index (χ0) is 28.8. The highest BCUT2D eigenvalue weighted by molar-refractivity contribution is 6.99. The summed E-state index contributed by atoms with van der Waals surface area (Å²) in [5, 5.41) is 2.26. The van der Waals surface area contributed by atoms with Crippen molar-refractivity contribution in [3.8, 4) is 0 Å². The van der Waals surface area contributed by atoms with Crippen LogP contribution in [0.25, 0.3) is 0 Å². The molecule has 2 aliphatic carbocycles. The normalized spacial score (nSPS) is 26.2. The lowest BCUT2D eigenvalue weighted by Crippen LogP contribution is -2.66. The lowest BCUT2D eigenvalue weighted by molar-refractivity contribution is -0.143. The van der Waals surface area contributed by atoms with Gasteiger partial charge in [-0.2, -0.15) is 0 Å². The maximum absolute atomic E-state index is 13.5. The monoisotopic (exact) mass is 574 g/mol. The fourth-order valence-electron chi connectivity index (χ4n) is 8.00. The number of rotatable bonds is 11. The van der Waals surface area contributed by atoms with Crippen LogP contribution >= 0.6 is 0 Å². The van der Waals surface area contributed by atoms with E-state index in [0.29, 0.717) is 0 Å². The number of carbonyl (C=O) groups is 1. The minimum absolute atomic E-state index is 0.126. The molecular weight excluding hydrogens is 529 g/mol. The molecule has 0 amide bonds. The maximum atomic E-state index is 13.5. The number of fused-ring (bicyclic) bond motifs is 5. The van der Waals surface area contributed by atoms with Gasteiger partial charge in [-0.15, -0.1) is 6.58 Å². The van der Waals surface area contributed by atoms with Crippen LogP contribution in [-0.2, 0) is 18.4 Å². The lowest BCUT2D eigenvalue weighted by atomic mass is 9.88. The van der Waals surface area contributed by atoms with E-state index in [4.69, 9.17) is 13.6 Å². The van der Waals surface area contributed by atoms with E-state index in [1.807, 2.05) is 0 Å². The van der Waals surface area contributed by atoms with E-state index in [0.717, 1.165) is 42.1 Å². The fourth-order valence-corrected chi connectivity index (χ4v) is 15.6. The third-order valence-electron chi connectivity index (χ3n) is 10.3. The van der Waals surface area contributed by atoms with Crippen molar-refractivity contribution in [1.82, 2.24) is 0 Å². The fraction of sp³-hybridized carbons (Fsp3) is 0.500. The van der Waals surface area contributed by atoms with Gasteiger partial charge in [0.05, 0.1) is 17.8 Å². The van der Waals surface area contributed by atoms with Gasteiger partial charge in [0.15, 0.2) is 8.32 Å². The summed E-state index contributed by atoms with van der Waals surface area (Å²) in [6.45, 7) is 18.2. The molecule has 3 aliphatic rings. The van der Waals surface area contributed by atoms with Crippen molar-refractivity contribution >= 4 is 33.0 Å². The van der Waals surface area contributed by atoms with Crippen LogP contribution in [0.15, 0.2) is 84.5 Å². The van der Waals surface area contributed by atoms with E-state index >= 15 is 0 Å². The number of hydrogen-bond donors (Lipinski definition) is 0. The van der Waals surface area contributed by atoms with Gasteiger partial charge in [-0.25, -0.2) is 4.79 Å². The van der Waals surface area contributed by atoms with Crippen LogP contribution < -0.4 is 10.4 Å². The molecule has 2 saturated carbocycles. The predicted molar refractivity (Wildman–Crippen MR) is 168 cm³/mol. The van der Waals surface area contributed by atoms with Gasteiger partial charge in [-0.1, -0.05) is 108 Å². The SMILES string of the molecule is C=C[C@@]1(O[Si](CC)(CC)CC)[C@@H]2CC[C@H]1C1=C(CO[Si](c3ccccc3)(c3ccccc3)C(C)(C)C)C(=O)O[C@@H]12. The highest BCUT2D eigenvalue weighted by Crippen LogP contribution is 2.62. The lowest BCUT2D eigenvalue weighted by Gasteiger charge is -2.43. The molecule has 5 rings (SSSR count). The molecule has 2 aromatic carbocycles. The first-order chi connectivity index (χ1) is 19.1. The average molecular weight is 575 g/mol. The van der Waals surface area contributed by atoms with Crippen molar-refractivity contribution in [2.75, 3.05) is 6.61 Å². The second-order valence-corrected chi connectivity index (χ2v) is 21.8. The Bertz CT molecular complexity index is 1210. The quantitative estimate of drug-likeness (QED) is 0.169. The van der Waals surface area contributed by atoms with Crippen molar-refractivity contribution in [2.24, 2.45) is 11.8 Å². The van der Waals surface area contributed by atoms with Gasteiger partial charge < -0.3 is 13.6 Å². The molecule has 0 spiro atoms. The summed E-state index contributed by atoms with van der Waals surface area (Å²) in [6, 6.07) is 24.5. The van der Waals surface area contributed by atoms with Crippen LogP contribution in [-0.4, -0.2) is 40.9 Å². The summed E-state index contributed by atoms with van der Waals surface area (Å²) in [6.07, 6.45) is 3.85. The molecule has 40 heavy (non-hydrogen) atoms. The molecule has 214 valence electrons. The Hall–Kier alpha value is -2.26. The van der Waals surface area contributed by atoms with Crippen LogP contribution in [0.1, 0.15) is 54.4 Å². The summed E-state index contributed by atoms with van der Waals surface area (Å²) < 4.78 is 20.7. The van der Waals surface area contributed by atoms with Crippen molar-refractivity contribution in [3.63, 3.8) is 0 Å². The number of benzene rings is 2. The van der Waals surface area contributed by atoms with Gasteiger partial charge in [0.1, 0.15) is 6.10 Å². The number of hydrogen-bond acceptors (Lipinski definition) is 4. The molecule has 4 atom stereocenters. The predicted octanol–water partition coefficient (Wildman–Crippen LogP) is 6.77. The minimum atomic E-state index is -2.80. The first-order valence-electron chi connectivity index (χ1n) is 15.2. The minimum Gasteiger partial charge on any atom is -0.454 e. The Morgan fingerprint density at radius 3 is 1.98 bits per heavy atom. The van der Waals surface area contributed by atoms with Gasteiger partial charge in [-0.3, -0.25) is 0 Å². The zero-order valence-electron chi connectivity index (χ0n) is 25.2. The highest BCUT2D eigenvalue weighted by atomic mass is 28.4. The second-order valence-electron chi connectivity index (χ2n) is 12.9. The summed E-state index contributed by atoms with van der Waals surface area (Å²) in [5.74, 6) is 0.0500. The Morgan fingerprint density at radius 1 is 0.950 bits per heavy atom. The molecule has 6 heteroatoms. The first kappa shape index (κ1) is 29.2. The maximum Gasteiger partial charge on any atom is 0.337 e. The molecule has 0 N–H and O–H groups in total. The molecule has 0 unspecified atom stereocenters. The standard InChI is InChI=1S/C34H46O4Si2/c1-8-34(38-39(9-2,10-3)11-4)28-22-23-29(34)31-30(28)27(32(35)37-31)24-36-40(33(5,6)7,25-18-14-12-15-19-25)26-20-16-13-17-21-26/h8,12-21,28-29,31H,1,9-11,22-24H2,2-7H3/t28-,29+,31+,34-/m0/s1. The number of carbonyl (C=O) groups excluding carboxylic acids is 1. The molecule has 2 fully saturated rings. The van der Waals surface area contributed by atoms with Crippen molar-refractivity contribution < 1.29 is 18.4 Å². The smallest absolute Gasteiger partial charge is 0.337 e. The van der Waals surface area contributed by atoms with Crippen LogP contribution in [0.4, 0.5) is 0 Å². The van der Waals surface area contributed by atoms with E-state index in [1.165, 1.54) is 10.4 Å². The number of ether oxygens (including phenoxy) is 1. The van der Waals surface area contributed by atoms with E-state index in [9.17, 15) is 4.79 Å². The summed E-state index contributed by atoms with van der Waals surface area (Å²) in [4.78, 5) is 13.5. The Balaban J connectivity index is 1.57. The highest BCUT2D eigenvalue weighted by Gasteiger charge is 2.67. The molecule has 2 bridgehead atoms. The topological polar surface area (TPSA) is 44.8 Å². The molecule has 1 heterocycles. The van der Waals surface area contributed by atoms with Crippen LogP contribution in [0, 0.1) is 11.8 Å². The molecular formula is C34H46O4Si2. The zero-order valence-corrected chi connectivity index (χ0v) is 27.2. The summed E-state index contributed by atoms with van der Waals surface area (Å²) >= 11 is 0. The van der Waals surface area contributed by atoms with Crippen molar-refractivity contribution in [1.29, 1.82) is 0 Å². The Labute approximate surface area is 243 Å². The van der Waals surface area contributed by atoms with Crippen LogP contribution in [0.3, 0.4) is 0 Å². The van der Waals surface area contributed by atoms with Crippen LogP contribution in [0.2, 0.25) is 23.2 Å². The molecule has 1 aliphatic heterocycles. The van der Waals surface area contributed by atoms with E-state index in [-0.39, 0.29) is 35.6 Å². The van der Waals surface area contributed by atoms with Gasteiger partial charge >= 0.3 is 5.97 Å². The van der Waals surface area contributed by atoms with E-state index < -0.39 is 22.2 Å². The Morgan fingerprint density at radius 2 is 1.50 bits per heavy atom. The summed E-state index contributed by atoms with van der Waals surface area (Å²) in [7, 11) is -4.72. The van der Waals surface area contributed by atoms with E-state index in [1.54, 1.807) is 0 Å².